The Kier molecular flexibility index (Phi) is 7.14. The number of carboxylic acids is 1. The first-order valence-corrected chi connectivity index (χ1v) is 12.0. The molecule has 4 aromatic rings. The highest BCUT2D eigenvalue weighted by Crippen LogP contribution is 2.37. The van der Waals surface area contributed by atoms with Gasteiger partial charge < -0.3 is 29.0 Å². The number of hydrogen-bond donors (Lipinski definition) is 3. The van der Waals surface area contributed by atoms with Crippen molar-refractivity contribution in [1.29, 1.82) is 0 Å². The second-order valence-corrected chi connectivity index (χ2v) is 10.3. The second kappa shape index (κ2) is 10.0. The standard InChI is InChI=1S/C28H31BN2O6/c1-17-6-10-19(11-7-17)22-21-14-15-31(16-18-8-12-20(13-9-18)29(35)36)23(21)26(32)30(5)24(22)25(27(33)34)37-28(2,3)4/h6-15,25,35-36H,16H2,1-5H3,(H,33,34). The first kappa shape index (κ1) is 26.4. The van der Waals surface area contributed by atoms with Crippen molar-refractivity contribution in [1.82, 2.24) is 9.13 Å². The highest BCUT2D eigenvalue weighted by atomic mass is 16.5. The number of aromatic nitrogens is 2. The third-order valence-electron chi connectivity index (χ3n) is 6.27. The molecule has 0 saturated carbocycles. The fourth-order valence-electron chi connectivity index (χ4n) is 4.52. The van der Waals surface area contributed by atoms with Gasteiger partial charge in [-0.2, -0.15) is 0 Å². The molecule has 192 valence electrons. The van der Waals surface area contributed by atoms with Crippen LogP contribution in [0.15, 0.2) is 65.6 Å². The summed E-state index contributed by atoms with van der Waals surface area (Å²) in [4.78, 5) is 26.2. The van der Waals surface area contributed by atoms with Gasteiger partial charge in [0, 0.05) is 30.7 Å². The number of fused-ring (bicyclic) bond motifs is 1. The van der Waals surface area contributed by atoms with Crippen molar-refractivity contribution in [3.63, 3.8) is 0 Å². The smallest absolute Gasteiger partial charge is 0.479 e. The Labute approximate surface area is 215 Å². The van der Waals surface area contributed by atoms with E-state index in [2.05, 4.69) is 0 Å². The van der Waals surface area contributed by atoms with Gasteiger partial charge in [0.2, 0.25) is 0 Å². The maximum atomic E-state index is 13.7. The molecule has 2 aromatic carbocycles. The average molecular weight is 502 g/mol. The minimum Gasteiger partial charge on any atom is -0.479 e. The second-order valence-electron chi connectivity index (χ2n) is 10.3. The van der Waals surface area contributed by atoms with E-state index in [1.54, 1.807) is 52.1 Å². The normalized spacial score (nSPS) is 12.6. The summed E-state index contributed by atoms with van der Waals surface area (Å²) in [6, 6.07) is 16.4. The van der Waals surface area contributed by atoms with Crippen LogP contribution in [0.25, 0.3) is 22.0 Å². The molecule has 2 aromatic heterocycles. The maximum absolute atomic E-state index is 13.7. The fourth-order valence-corrected chi connectivity index (χ4v) is 4.52. The van der Waals surface area contributed by atoms with Crippen LogP contribution in [-0.4, -0.2) is 43.0 Å². The predicted octanol–water partition coefficient (Wildman–Crippen LogP) is 2.98. The van der Waals surface area contributed by atoms with Gasteiger partial charge in [0.1, 0.15) is 5.52 Å². The van der Waals surface area contributed by atoms with Crippen molar-refractivity contribution in [3.8, 4) is 11.1 Å². The number of carboxylic acid groups (broad SMARTS) is 1. The molecule has 1 unspecified atom stereocenters. The summed E-state index contributed by atoms with van der Waals surface area (Å²) in [6.07, 6.45) is 0.446. The molecule has 0 aliphatic heterocycles. The van der Waals surface area contributed by atoms with Crippen LogP contribution >= 0.6 is 0 Å². The first-order valence-electron chi connectivity index (χ1n) is 12.0. The van der Waals surface area contributed by atoms with Crippen molar-refractivity contribution in [3.05, 3.63) is 88.0 Å². The first-order chi connectivity index (χ1) is 17.4. The van der Waals surface area contributed by atoms with Crippen molar-refractivity contribution < 1.29 is 24.7 Å². The third kappa shape index (κ3) is 5.39. The zero-order chi connectivity index (χ0) is 27.1. The van der Waals surface area contributed by atoms with Gasteiger partial charge in [0.05, 0.1) is 11.3 Å². The largest absolute Gasteiger partial charge is 0.488 e. The van der Waals surface area contributed by atoms with Crippen LogP contribution in [0.4, 0.5) is 0 Å². The van der Waals surface area contributed by atoms with Crippen LogP contribution < -0.4 is 11.0 Å². The number of aliphatic carboxylic acids is 1. The minimum absolute atomic E-state index is 0.280. The van der Waals surface area contributed by atoms with E-state index in [0.29, 0.717) is 28.5 Å². The highest BCUT2D eigenvalue weighted by Gasteiger charge is 2.33. The van der Waals surface area contributed by atoms with E-state index in [1.165, 1.54) is 4.57 Å². The Hall–Kier alpha value is -3.66. The number of rotatable bonds is 7. The van der Waals surface area contributed by atoms with Crippen LogP contribution in [0.3, 0.4) is 0 Å². The molecule has 0 amide bonds. The molecule has 0 fully saturated rings. The summed E-state index contributed by atoms with van der Waals surface area (Å²) in [5.41, 5.74) is 3.33. The molecule has 1 atom stereocenters. The van der Waals surface area contributed by atoms with Gasteiger partial charge >= 0.3 is 13.1 Å². The Morgan fingerprint density at radius 2 is 1.65 bits per heavy atom. The summed E-state index contributed by atoms with van der Waals surface area (Å²) in [5, 5.41) is 29.5. The van der Waals surface area contributed by atoms with Gasteiger partial charge in [0.15, 0.2) is 6.10 Å². The lowest BCUT2D eigenvalue weighted by molar-refractivity contribution is -0.161. The topological polar surface area (TPSA) is 114 Å². The maximum Gasteiger partial charge on any atom is 0.488 e. The van der Waals surface area contributed by atoms with Gasteiger partial charge in [-0.15, -0.1) is 0 Å². The summed E-state index contributed by atoms with van der Waals surface area (Å²) < 4.78 is 9.18. The van der Waals surface area contributed by atoms with E-state index in [1.807, 2.05) is 48.0 Å². The van der Waals surface area contributed by atoms with Gasteiger partial charge in [0.25, 0.3) is 5.56 Å². The monoisotopic (exact) mass is 502 g/mol. The summed E-state index contributed by atoms with van der Waals surface area (Å²) in [5.74, 6) is -1.18. The predicted molar refractivity (Wildman–Crippen MR) is 144 cm³/mol. The molecule has 37 heavy (non-hydrogen) atoms. The van der Waals surface area contributed by atoms with E-state index in [0.717, 1.165) is 16.7 Å². The fraction of sp³-hybridized carbons (Fsp3) is 0.286. The molecule has 0 radical (unpaired) electrons. The highest BCUT2D eigenvalue weighted by molar-refractivity contribution is 6.58. The lowest BCUT2D eigenvalue weighted by Gasteiger charge is -2.28. The van der Waals surface area contributed by atoms with Gasteiger partial charge in [-0.3, -0.25) is 4.79 Å². The number of pyridine rings is 1. The molecule has 3 N–H and O–H groups in total. The van der Waals surface area contributed by atoms with Crippen molar-refractivity contribution in [2.24, 2.45) is 7.05 Å². The summed E-state index contributed by atoms with van der Waals surface area (Å²) in [6.45, 7) is 7.68. The van der Waals surface area contributed by atoms with E-state index in [9.17, 15) is 24.7 Å². The number of hydrogen-bond acceptors (Lipinski definition) is 5. The van der Waals surface area contributed by atoms with Gasteiger partial charge in [-0.25, -0.2) is 4.79 Å². The molecule has 0 aliphatic carbocycles. The molecule has 0 aliphatic rings. The Balaban J connectivity index is 1.97. The van der Waals surface area contributed by atoms with Crippen LogP contribution in [-0.2, 0) is 23.1 Å². The summed E-state index contributed by atoms with van der Waals surface area (Å²) >= 11 is 0. The molecule has 0 spiro atoms. The quantitative estimate of drug-likeness (QED) is 0.335. The molecule has 8 nitrogen and oxygen atoms in total. The van der Waals surface area contributed by atoms with Gasteiger partial charge in [-0.05, 0) is 50.4 Å². The number of carbonyl (C=O) groups is 1. The number of nitrogens with zero attached hydrogens (tertiary/aromatic N) is 2. The summed E-state index contributed by atoms with van der Waals surface area (Å²) in [7, 11) is 0.0210. The van der Waals surface area contributed by atoms with Crippen LogP contribution in [0.2, 0.25) is 0 Å². The number of aryl methyl sites for hydroxylation is 1. The van der Waals surface area contributed by atoms with Gasteiger partial charge in [-0.1, -0.05) is 54.1 Å². The van der Waals surface area contributed by atoms with Crippen LogP contribution in [0.5, 0.6) is 0 Å². The number of ether oxygens (including phenoxy) is 1. The average Bonchev–Trinajstić information content (AvgIpc) is 3.23. The SMILES string of the molecule is Cc1ccc(-c2c(C(OC(C)(C)C)C(=O)O)n(C)c(=O)c3c2ccn3Cc2ccc(B(O)O)cc2)cc1. The molecular formula is C28H31BN2O6. The lowest BCUT2D eigenvalue weighted by Crippen LogP contribution is -2.33. The Morgan fingerprint density at radius 1 is 1.03 bits per heavy atom. The van der Waals surface area contributed by atoms with E-state index >= 15 is 0 Å². The lowest BCUT2D eigenvalue weighted by atomic mass is 9.80. The molecule has 0 saturated heterocycles. The molecule has 9 heteroatoms. The van der Waals surface area contributed by atoms with Crippen LogP contribution in [0.1, 0.15) is 43.7 Å². The third-order valence-corrected chi connectivity index (χ3v) is 6.27. The minimum atomic E-state index is -1.55. The Morgan fingerprint density at radius 3 is 2.19 bits per heavy atom. The zero-order valence-corrected chi connectivity index (χ0v) is 21.6. The molecule has 0 bridgehead atoms. The molecule has 2 heterocycles. The van der Waals surface area contributed by atoms with Crippen LogP contribution in [0, 0.1) is 6.92 Å². The van der Waals surface area contributed by atoms with Crippen molar-refractivity contribution >= 4 is 29.5 Å². The van der Waals surface area contributed by atoms with E-state index in [-0.39, 0.29) is 11.3 Å². The molecule has 4 rings (SSSR count). The Bertz CT molecular complexity index is 1500. The molecular weight excluding hydrogens is 471 g/mol. The van der Waals surface area contributed by atoms with Crippen molar-refractivity contribution in [2.75, 3.05) is 0 Å². The van der Waals surface area contributed by atoms with Crippen molar-refractivity contribution in [2.45, 2.75) is 45.9 Å². The zero-order valence-electron chi connectivity index (χ0n) is 21.6. The number of benzene rings is 2. The van der Waals surface area contributed by atoms with E-state index in [4.69, 9.17) is 4.74 Å². The van der Waals surface area contributed by atoms with E-state index < -0.39 is 24.8 Å².